The highest BCUT2D eigenvalue weighted by molar-refractivity contribution is 5.79. The number of likely N-dealkylation sites (tertiary alicyclic amines) is 1. The first-order valence-electron chi connectivity index (χ1n) is 6.83. The minimum Gasteiger partial charge on any atom is -0.396 e. The number of piperidine rings is 2. The summed E-state index contributed by atoms with van der Waals surface area (Å²) in [7, 11) is 0. The van der Waals surface area contributed by atoms with Crippen molar-refractivity contribution in [3.63, 3.8) is 0 Å². The molecule has 2 aliphatic heterocycles. The van der Waals surface area contributed by atoms with E-state index in [1.807, 2.05) is 4.90 Å². The molecule has 98 valence electrons. The normalized spacial score (nSPS) is 31.5. The minimum atomic E-state index is 0.178. The number of hydrogen-bond acceptors (Lipinski definition) is 3. The lowest BCUT2D eigenvalue weighted by Crippen LogP contribution is -2.48. The molecule has 17 heavy (non-hydrogen) atoms. The van der Waals surface area contributed by atoms with Crippen LogP contribution in [0.2, 0.25) is 0 Å². The first kappa shape index (κ1) is 12.8. The molecule has 2 saturated heterocycles. The molecule has 0 bridgehead atoms. The fourth-order valence-corrected chi connectivity index (χ4v) is 2.80. The van der Waals surface area contributed by atoms with Crippen LogP contribution in [0.15, 0.2) is 0 Å². The molecule has 2 rings (SSSR count). The van der Waals surface area contributed by atoms with Gasteiger partial charge < -0.3 is 15.3 Å². The number of amides is 1. The zero-order valence-electron chi connectivity index (χ0n) is 10.7. The largest absolute Gasteiger partial charge is 0.396 e. The van der Waals surface area contributed by atoms with E-state index in [9.17, 15) is 4.79 Å². The highest BCUT2D eigenvalue weighted by Gasteiger charge is 2.30. The van der Waals surface area contributed by atoms with Crippen molar-refractivity contribution >= 4 is 5.91 Å². The Morgan fingerprint density at radius 1 is 1.29 bits per heavy atom. The summed E-state index contributed by atoms with van der Waals surface area (Å²) in [6, 6.07) is 0.555. The Morgan fingerprint density at radius 3 is 2.53 bits per heavy atom. The van der Waals surface area contributed by atoms with E-state index >= 15 is 0 Å². The van der Waals surface area contributed by atoms with Gasteiger partial charge in [-0.3, -0.25) is 4.79 Å². The summed E-state index contributed by atoms with van der Waals surface area (Å²) < 4.78 is 0. The third-order valence-electron chi connectivity index (χ3n) is 4.19. The lowest BCUT2D eigenvalue weighted by Gasteiger charge is -2.35. The van der Waals surface area contributed by atoms with E-state index < -0.39 is 0 Å². The summed E-state index contributed by atoms with van der Waals surface area (Å²) in [5.74, 6) is 0.904. The highest BCUT2D eigenvalue weighted by Crippen LogP contribution is 2.21. The molecule has 0 spiro atoms. The Labute approximate surface area is 103 Å². The van der Waals surface area contributed by atoms with Gasteiger partial charge in [-0.05, 0) is 38.5 Å². The van der Waals surface area contributed by atoms with E-state index in [0.717, 1.165) is 45.3 Å². The number of hydrogen-bond donors (Lipinski definition) is 2. The maximum absolute atomic E-state index is 12.3. The first-order valence-corrected chi connectivity index (χ1v) is 6.83. The fourth-order valence-electron chi connectivity index (χ4n) is 2.80. The molecule has 0 aliphatic carbocycles. The minimum absolute atomic E-state index is 0.178. The van der Waals surface area contributed by atoms with Gasteiger partial charge in [0.1, 0.15) is 0 Å². The van der Waals surface area contributed by atoms with Gasteiger partial charge in [-0.15, -0.1) is 0 Å². The second-order valence-corrected chi connectivity index (χ2v) is 5.53. The highest BCUT2D eigenvalue weighted by atomic mass is 16.3. The molecule has 1 amide bonds. The number of nitrogens with one attached hydrogen (secondary N) is 1. The molecule has 0 radical (unpaired) electrons. The van der Waals surface area contributed by atoms with Gasteiger partial charge in [-0.2, -0.15) is 0 Å². The standard InChI is InChI=1S/C13H24N2O2/c1-10-2-3-12(8-14-10)13(17)15-6-4-11(9-16)5-7-15/h10-12,14,16H,2-9H2,1H3. The van der Waals surface area contributed by atoms with E-state index in [-0.39, 0.29) is 12.5 Å². The predicted octanol–water partition coefficient (Wildman–Crippen LogP) is 0.605. The van der Waals surface area contributed by atoms with Crippen molar-refractivity contribution in [3.05, 3.63) is 0 Å². The monoisotopic (exact) mass is 240 g/mol. The Hall–Kier alpha value is -0.610. The average molecular weight is 240 g/mol. The number of carbonyl (C=O) groups excluding carboxylic acids is 1. The molecule has 2 aliphatic rings. The molecule has 2 unspecified atom stereocenters. The molecule has 0 aromatic rings. The molecule has 2 atom stereocenters. The summed E-state index contributed by atoms with van der Waals surface area (Å²) in [5.41, 5.74) is 0. The van der Waals surface area contributed by atoms with Crippen molar-refractivity contribution in [2.45, 2.75) is 38.6 Å². The Kier molecular flexibility index (Phi) is 4.40. The maximum atomic E-state index is 12.3. The van der Waals surface area contributed by atoms with Crippen LogP contribution in [0, 0.1) is 11.8 Å². The average Bonchev–Trinajstić information content (AvgIpc) is 2.39. The molecule has 2 heterocycles. The molecule has 0 aromatic heterocycles. The van der Waals surface area contributed by atoms with Crippen molar-refractivity contribution in [1.82, 2.24) is 10.2 Å². The molecule has 2 N–H and O–H groups in total. The second kappa shape index (κ2) is 5.83. The molecule has 4 nitrogen and oxygen atoms in total. The summed E-state index contributed by atoms with van der Waals surface area (Å²) >= 11 is 0. The van der Waals surface area contributed by atoms with Crippen molar-refractivity contribution in [2.75, 3.05) is 26.2 Å². The van der Waals surface area contributed by atoms with Crippen molar-refractivity contribution < 1.29 is 9.90 Å². The smallest absolute Gasteiger partial charge is 0.226 e. The summed E-state index contributed by atoms with van der Waals surface area (Å²) in [6.07, 6.45) is 4.04. The molecule has 0 aromatic carbocycles. The molecule has 4 heteroatoms. The zero-order chi connectivity index (χ0) is 12.3. The fraction of sp³-hybridized carbons (Fsp3) is 0.923. The van der Waals surface area contributed by atoms with E-state index in [1.54, 1.807) is 0 Å². The molecular formula is C13H24N2O2. The van der Waals surface area contributed by atoms with E-state index in [2.05, 4.69) is 12.2 Å². The number of aliphatic hydroxyl groups is 1. The van der Waals surface area contributed by atoms with Crippen LogP contribution in [0.1, 0.15) is 32.6 Å². The van der Waals surface area contributed by atoms with Crippen molar-refractivity contribution in [3.8, 4) is 0 Å². The van der Waals surface area contributed by atoms with Gasteiger partial charge in [-0.1, -0.05) is 0 Å². The van der Waals surface area contributed by atoms with Crippen molar-refractivity contribution in [2.24, 2.45) is 11.8 Å². The van der Waals surface area contributed by atoms with Crippen LogP contribution in [-0.4, -0.2) is 48.2 Å². The van der Waals surface area contributed by atoms with Gasteiger partial charge in [0.25, 0.3) is 0 Å². The maximum Gasteiger partial charge on any atom is 0.226 e. The number of aliphatic hydroxyl groups excluding tert-OH is 1. The lowest BCUT2D eigenvalue weighted by molar-refractivity contribution is -0.137. The first-order chi connectivity index (χ1) is 8.20. The van der Waals surface area contributed by atoms with Crippen LogP contribution < -0.4 is 5.32 Å². The Morgan fingerprint density at radius 2 is 2.00 bits per heavy atom. The molecule has 2 fully saturated rings. The van der Waals surface area contributed by atoms with Gasteiger partial charge in [-0.25, -0.2) is 0 Å². The third kappa shape index (κ3) is 3.19. The SMILES string of the molecule is CC1CCC(C(=O)N2CCC(CO)CC2)CN1. The summed E-state index contributed by atoms with van der Waals surface area (Å²) in [6.45, 7) is 4.93. The van der Waals surface area contributed by atoms with E-state index in [4.69, 9.17) is 5.11 Å². The topological polar surface area (TPSA) is 52.6 Å². The van der Waals surface area contributed by atoms with Crippen LogP contribution in [0.3, 0.4) is 0 Å². The van der Waals surface area contributed by atoms with Gasteiger partial charge in [0.15, 0.2) is 0 Å². The van der Waals surface area contributed by atoms with Crippen LogP contribution in [-0.2, 0) is 4.79 Å². The van der Waals surface area contributed by atoms with E-state index in [1.165, 1.54) is 0 Å². The van der Waals surface area contributed by atoms with Crippen LogP contribution in [0.5, 0.6) is 0 Å². The zero-order valence-corrected chi connectivity index (χ0v) is 10.7. The van der Waals surface area contributed by atoms with Gasteiger partial charge in [0.05, 0.1) is 5.92 Å². The summed E-state index contributed by atoms with van der Waals surface area (Å²) in [4.78, 5) is 14.3. The lowest BCUT2D eigenvalue weighted by atomic mass is 9.92. The third-order valence-corrected chi connectivity index (χ3v) is 4.19. The molecule has 0 saturated carbocycles. The predicted molar refractivity (Wildman–Crippen MR) is 66.6 cm³/mol. The second-order valence-electron chi connectivity index (χ2n) is 5.53. The van der Waals surface area contributed by atoms with Gasteiger partial charge >= 0.3 is 0 Å². The van der Waals surface area contributed by atoms with Crippen LogP contribution in [0.4, 0.5) is 0 Å². The number of carbonyl (C=O) groups is 1. The van der Waals surface area contributed by atoms with Gasteiger partial charge in [0, 0.05) is 32.3 Å². The Balaban J connectivity index is 1.80. The quantitative estimate of drug-likeness (QED) is 0.743. The molecular weight excluding hydrogens is 216 g/mol. The van der Waals surface area contributed by atoms with E-state index in [0.29, 0.717) is 17.9 Å². The van der Waals surface area contributed by atoms with Crippen LogP contribution in [0.25, 0.3) is 0 Å². The van der Waals surface area contributed by atoms with Crippen molar-refractivity contribution in [1.29, 1.82) is 0 Å². The Bertz CT molecular complexity index is 254. The van der Waals surface area contributed by atoms with Crippen LogP contribution >= 0.6 is 0 Å². The number of rotatable bonds is 2. The van der Waals surface area contributed by atoms with Gasteiger partial charge in [0.2, 0.25) is 5.91 Å². The summed E-state index contributed by atoms with van der Waals surface area (Å²) in [5, 5.41) is 12.5. The number of nitrogens with zero attached hydrogens (tertiary/aromatic N) is 1.